The lowest BCUT2D eigenvalue weighted by atomic mass is 9.84. The van der Waals surface area contributed by atoms with Crippen molar-refractivity contribution in [1.82, 2.24) is 4.31 Å². The first kappa shape index (κ1) is 16.1. The van der Waals surface area contributed by atoms with Crippen LogP contribution >= 0.6 is 10.2 Å². The molecule has 1 aliphatic heterocycles. The highest BCUT2D eigenvalue weighted by Crippen LogP contribution is 2.60. The Kier molecular flexibility index (Phi) is 5.76. The Morgan fingerprint density at radius 2 is 1.90 bits per heavy atom. The molecule has 0 aromatic carbocycles. The number of rotatable bonds is 6. The molecule has 116 valence electrons. The van der Waals surface area contributed by atoms with Gasteiger partial charge in [-0.15, -0.1) is 10.2 Å². The third kappa shape index (κ3) is 3.49. The van der Waals surface area contributed by atoms with Gasteiger partial charge in [-0.3, -0.25) is 4.31 Å². The summed E-state index contributed by atoms with van der Waals surface area (Å²) in [6.07, 6.45) is 9.07. The first-order valence-corrected chi connectivity index (χ1v) is 10.1. The Morgan fingerprint density at radius 3 is 2.45 bits per heavy atom. The van der Waals surface area contributed by atoms with E-state index in [1.165, 1.54) is 32.1 Å². The molecule has 2 aliphatic rings. The summed E-state index contributed by atoms with van der Waals surface area (Å²) in [5.41, 5.74) is 1.56. The molecule has 2 unspecified atom stereocenters. The third-order valence-corrected chi connectivity index (χ3v) is 8.39. The average Bonchev–Trinajstić information content (AvgIpc) is 2.85. The van der Waals surface area contributed by atoms with Crippen molar-refractivity contribution in [3.8, 4) is 0 Å². The fraction of sp³-hybridized carbons (Fsp3) is 0.765. The zero-order valence-electron chi connectivity index (χ0n) is 13.3. The van der Waals surface area contributed by atoms with Crippen molar-refractivity contribution in [3.63, 3.8) is 0 Å². The van der Waals surface area contributed by atoms with Crippen molar-refractivity contribution in [2.75, 3.05) is 18.8 Å². The first-order chi connectivity index (χ1) is 9.61. The van der Waals surface area contributed by atoms with Crippen LogP contribution in [0.1, 0.15) is 52.9 Å². The molecule has 1 aliphatic carbocycles. The van der Waals surface area contributed by atoms with Crippen LogP contribution in [-0.4, -0.2) is 34.4 Å². The zero-order valence-corrected chi connectivity index (χ0v) is 14.2. The Labute approximate surface area is 126 Å². The van der Waals surface area contributed by atoms with Gasteiger partial charge in [0.15, 0.2) is 0 Å². The summed E-state index contributed by atoms with van der Waals surface area (Å²) < 4.78 is 2.56. The quantitative estimate of drug-likeness (QED) is 0.784. The summed E-state index contributed by atoms with van der Waals surface area (Å²) in [6.45, 7) is 8.54. The van der Waals surface area contributed by atoms with Crippen LogP contribution in [0.15, 0.2) is 22.5 Å². The number of hydrogen-bond donors (Lipinski definition) is 1. The molecular formula is C17H31NOS. The molecule has 3 heteroatoms. The second-order valence-corrected chi connectivity index (χ2v) is 9.17. The summed E-state index contributed by atoms with van der Waals surface area (Å²) in [4.78, 5) is 0. The predicted octanol–water partition coefficient (Wildman–Crippen LogP) is 4.42. The fourth-order valence-electron chi connectivity index (χ4n) is 3.64. The largest absolute Gasteiger partial charge is 0.393 e. The van der Waals surface area contributed by atoms with Crippen LogP contribution in [0.3, 0.4) is 0 Å². The van der Waals surface area contributed by atoms with Crippen LogP contribution in [0.25, 0.3) is 0 Å². The minimum absolute atomic E-state index is 0.225. The van der Waals surface area contributed by atoms with Crippen molar-refractivity contribution >= 4 is 10.2 Å². The highest BCUT2D eigenvalue weighted by Gasteiger charge is 2.32. The van der Waals surface area contributed by atoms with Gasteiger partial charge in [0.05, 0.1) is 6.10 Å². The molecule has 1 saturated carbocycles. The summed E-state index contributed by atoms with van der Waals surface area (Å²) in [6, 6.07) is 0. The van der Waals surface area contributed by atoms with Gasteiger partial charge in [0, 0.05) is 18.8 Å². The number of nitrogens with zero attached hydrogens (tertiary/aromatic N) is 1. The molecule has 2 rings (SSSR count). The molecule has 20 heavy (non-hydrogen) atoms. The molecule has 1 heterocycles. The molecule has 2 atom stereocenters. The number of aliphatic hydroxyl groups is 1. The Balaban J connectivity index is 2.20. The fourth-order valence-corrected chi connectivity index (χ4v) is 7.33. The van der Waals surface area contributed by atoms with Crippen LogP contribution < -0.4 is 0 Å². The summed E-state index contributed by atoms with van der Waals surface area (Å²) in [5.74, 6) is 1.67. The van der Waals surface area contributed by atoms with Gasteiger partial charge in [-0.2, -0.15) is 0 Å². The molecule has 0 saturated heterocycles. The lowest BCUT2D eigenvalue weighted by molar-refractivity contribution is 0.218. The molecule has 0 radical (unpaired) electrons. The van der Waals surface area contributed by atoms with Crippen LogP contribution in [0.5, 0.6) is 0 Å². The minimum Gasteiger partial charge on any atom is -0.393 e. The van der Waals surface area contributed by atoms with Gasteiger partial charge in [-0.05, 0) is 42.1 Å². The van der Waals surface area contributed by atoms with Crippen molar-refractivity contribution in [2.24, 2.45) is 5.92 Å². The topological polar surface area (TPSA) is 23.5 Å². The van der Waals surface area contributed by atoms with E-state index in [2.05, 4.69) is 35.0 Å². The monoisotopic (exact) mass is 297 g/mol. The highest BCUT2D eigenvalue weighted by molar-refractivity contribution is 8.36. The Bertz CT molecular complexity index is 367. The molecule has 1 fully saturated rings. The van der Waals surface area contributed by atoms with Gasteiger partial charge in [0.1, 0.15) is 0 Å². The summed E-state index contributed by atoms with van der Waals surface area (Å²) in [7, 11) is -1.06. The average molecular weight is 298 g/mol. The van der Waals surface area contributed by atoms with E-state index < -0.39 is 10.2 Å². The molecule has 0 amide bonds. The lowest BCUT2D eigenvalue weighted by Gasteiger charge is -2.43. The maximum absolute atomic E-state index is 9.95. The standard InChI is InChI=1S/C17H31NOS/c1-4-18(5-2)20(13-15(3)19)12-11-17(14-20)16-9-7-6-8-10-16/h11-12,14-16,19H,4-10,13H2,1-3H3. The number of hydrogen-bond acceptors (Lipinski definition) is 2. The van der Waals surface area contributed by atoms with Crippen LogP contribution in [0.2, 0.25) is 0 Å². The van der Waals surface area contributed by atoms with Gasteiger partial charge < -0.3 is 5.11 Å². The second-order valence-electron chi connectivity index (χ2n) is 6.19. The normalized spacial score (nSPS) is 32.1. The Morgan fingerprint density at radius 1 is 1.25 bits per heavy atom. The molecule has 2 nitrogen and oxygen atoms in total. The minimum atomic E-state index is -1.06. The first-order valence-electron chi connectivity index (χ1n) is 8.25. The number of allylic oxidation sites excluding steroid dienone is 2. The van der Waals surface area contributed by atoms with E-state index in [0.29, 0.717) is 0 Å². The molecule has 0 aromatic rings. The second kappa shape index (κ2) is 7.15. The molecule has 0 spiro atoms. The van der Waals surface area contributed by atoms with Crippen LogP contribution in [0, 0.1) is 5.92 Å². The molecule has 0 bridgehead atoms. The van der Waals surface area contributed by atoms with E-state index in [4.69, 9.17) is 0 Å². The van der Waals surface area contributed by atoms with Crippen molar-refractivity contribution in [1.29, 1.82) is 0 Å². The van der Waals surface area contributed by atoms with E-state index in [0.717, 1.165) is 24.8 Å². The van der Waals surface area contributed by atoms with Crippen molar-refractivity contribution < 1.29 is 5.11 Å². The highest BCUT2D eigenvalue weighted by atomic mass is 32.3. The van der Waals surface area contributed by atoms with E-state index in [1.54, 1.807) is 5.57 Å². The molecule has 0 aromatic heterocycles. The maximum Gasteiger partial charge on any atom is 0.0605 e. The van der Waals surface area contributed by atoms with E-state index in [-0.39, 0.29) is 6.10 Å². The van der Waals surface area contributed by atoms with E-state index in [9.17, 15) is 5.11 Å². The third-order valence-electron chi connectivity index (χ3n) is 4.61. The van der Waals surface area contributed by atoms with Gasteiger partial charge in [-0.25, -0.2) is 0 Å². The zero-order chi connectivity index (χ0) is 14.6. The maximum atomic E-state index is 9.95. The van der Waals surface area contributed by atoms with Crippen molar-refractivity contribution in [2.45, 2.75) is 59.0 Å². The SMILES string of the molecule is CCN(CC)S1(CC(C)O)C=CC(C2CCCCC2)=C1. The van der Waals surface area contributed by atoms with Gasteiger partial charge >= 0.3 is 0 Å². The van der Waals surface area contributed by atoms with Crippen LogP contribution in [0.4, 0.5) is 0 Å². The summed E-state index contributed by atoms with van der Waals surface area (Å²) >= 11 is 0. The smallest absolute Gasteiger partial charge is 0.0605 e. The molecular weight excluding hydrogens is 266 g/mol. The summed E-state index contributed by atoms with van der Waals surface area (Å²) in [5, 5.41) is 14.9. The van der Waals surface area contributed by atoms with Gasteiger partial charge in [0.25, 0.3) is 0 Å². The van der Waals surface area contributed by atoms with Crippen LogP contribution in [-0.2, 0) is 0 Å². The van der Waals surface area contributed by atoms with E-state index >= 15 is 0 Å². The Hall–Kier alpha value is -0.250. The predicted molar refractivity (Wildman–Crippen MR) is 90.9 cm³/mol. The molecule has 1 N–H and O–H groups in total. The van der Waals surface area contributed by atoms with Gasteiger partial charge in [0.2, 0.25) is 0 Å². The van der Waals surface area contributed by atoms with E-state index in [1.807, 2.05) is 6.92 Å². The van der Waals surface area contributed by atoms with Gasteiger partial charge in [-0.1, -0.05) is 39.2 Å². The van der Waals surface area contributed by atoms with Crippen molar-refractivity contribution in [3.05, 3.63) is 22.5 Å². The lowest BCUT2D eigenvalue weighted by Crippen LogP contribution is -2.30. The number of aliphatic hydroxyl groups excluding tert-OH is 1.